The molecule has 2 aromatic carbocycles. The number of hydrogen-bond acceptors (Lipinski definition) is 4. The minimum absolute atomic E-state index is 0.0662. The van der Waals surface area contributed by atoms with Crippen LogP contribution >= 0.6 is 0 Å². The fourth-order valence-electron chi connectivity index (χ4n) is 3.40. The average molecular weight is 375 g/mol. The molecule has 3 rings (SSSR count). The molecule has 0 aromatic heterocycles. The van der Waals surface area contributed by atoms with Gasteiger partial charge in [-0.05, 0) is 24.3 Å². The highest BCUT2D eigenvalue weighted by Gasteiger charge is 2.34. The van der Waals surface area contributed by atoms with Crippen LogP contribution < -0.4 is 4.74 Å². The molecule has 0 radical (unpaired) electrons. The molecule has 0 saturated carbocycles. The minimum Gasteiger partial charge on any atom is -0.483 e. The van der Waals surface area contributed by atoms with Gasteiger partial charge in [0.2, 0.25) is 0 Å². The average Bonchev–Trinajstić information content (AvgIpc) is 2.99. The van der Waals surface area contributed by atoms with Gasteiger partial charge in [-0.25, -0.2) is 8.42 Å². The van der Waals surface area contributed by atoms with Crippen LogP contribution in [0.25, 0.3) is 10.8 Å². The molecule has 0 spiro atoms. The molecule has 1 saturated heterocycles. The molecular formula is C20H25NO4S. The molecular weight excluding hydrogens is 350 g/mol. The molecule has 0 aliphatic carbocycles. The van der Waals surface area contributed by atoms with Crippen molar-refractivity contribution in [3.8, 4) is 5.75 Å². The third-order valence-corrected chi connectivity index (χ3v) is 6.57. The lowest BCUT2D eigenvalue weighted by Gasteiger charge is -2.28. The largest absolute Gasteiger partial charge is 0.483 e. The van der Waals surface area contributed by atoms with Crippen molar-refractivity contribution in [1.29, 1.82) is 0 Å². The van der Waals surface area contributed by atoms with Gasteiger partial charge in [-0.15, -0.1) is 0 Å². The highest BCUT2D eigenvalue weighted by atomic mass is 32.2. The van der Waals surface area contributed by atoms with Crippen molar-refractivity contribution in [3.63, 3.8) is 0 Å². The van der Waals surface area contributed by atoms with E-state index in [1.54, 1.807) is 4.90 Å². The summed E-state index contributed by atoms with van der Waals surface area (Å²) in [5.41, 5.74) is 0. The van der Waals surface area contributed by atoms with E-state index in [1.807, 2.05) is 42.5 Å². The summed E-state index contributed by atoms with van der Waals surface area (Å²) in [6, 6.07) is 13.4. The number of carbonyl (C=O) groups excluding carboxylic acids is 1. The third-order valence-electron chi connectivity index (χ3n) is 4.82. The number of fused-ring (bicyclic) bond motifs is 1. The molecule has 6 heteroatoms. The SMILES string of the molecule is CCCCN(C(=O)COc1cccc2ccccc12)[C@@H]1CCS(=O)(=O)C1. The maximum absolute atomic E-state index is 12.8. The van der Waals surface area contributed by atoms with Gasteiger partial charge in [0.15, 0.2) is 16.4 Å². The predicted molar refractivity (Wildman–Crippen MR) is 103 cm³/mol. The summed E-state index contributed by atoms with van der Waals surface area (Å²) in [7, 11) is -3.03. The highest BCUT2D eigenvalue weighted by molar-refractivity contribution is 7.91. The lowest BCUT2D eigenvalue weighted by molar-refractivity contribution is -0.135. The van der Waals surface area contributed by atoms with Crippen molar-refractivity contribution in [2.75, 3.05) is 24.7 Å². The van der Waals surface area contributed by atoms with Crippen LogP contribution in [0.2, 0.25) is 0 Å². The topological polar surface area (TPSA) is 63.7 Å². The van der Waals surface area contributed by atoms with Crippen LogP contribution in [0.1, 0.15) is 26.2 Å². The molecule has 26 heavy (non-hydrogen) atoms. The van der Waals surface area contributed by atoms with Gasteiger partial charge in [-0.1, -0.05) is 49.7 Å². The molecule has 1 aliphatic heterocycles. The summed E-state index contributed by atoms with van der Waals surface area (Å²) in [4.78, 5) is 14.5. The Labute approximate surface area is 154 Å². The Kier molecular flexibility index (Phi) is 5.81. The van der Waals surface area contributed by atoms with E-state index in [2.05, 4.69) is 6.92 Å². The smallest absolute Gasteiger partial charge is 0.260 e. The third kappa shape index (κ3) is 4.36. The number of benzene rings is 2. The maximum Gasteiger partial charge on any atom is 0.260 e. The number of nitrogens with zero attached hydrogens (tertiary/aromatic N) is 1. The van der Waals surface area contributed by atoms with Gasteiger partial charge in [-0.2, -0.15) is 0 Å². The normalized spacial score (nSPS) is 18.7. The minimum atomic E-state index is -3.03. The Morgan fingerprint density at radius 3 is 2.69 bits per heavy atom. The van der Waals surface area contributed by atoms with Gasteiger partial charge in [0.25, 0.3) is 5.91 Å². The van der Waals surface area contributed by atoms with E-state index in [0.29, 0.717) is 18.7 Å². The number of unbranched alkanes of at least 4 members (excludes halogenated alkanes) is 1. The first-order valence-electron chi connectivity index (χ1n) is 9.10. The van der Waals surface area contributed by atoms with Crippen LogP contribution in [0.15, 0.2) is 42.5 Å². The van der Waals surface area contributed by atoms with Crippen LogP contribution in [0.3, 0.4) is 0 Å². The number of sulfone groups is 1. The lowest BCUT2D eigenvalue weighted by atomic mass is 10.1. The number of amides is 1. The van der Waals surface area contributed by atoms with E-state index >= 15 is 0 Å². The molecule has 1 aliphatic rings. The van der Waals surface area contributed by atoms with Gasteiger partial charge >= 0.3 is 0 Å². The second kappa shape index (κ2) is 8.08. The van der Waals surface area contributed by atoms with Crippen molar-refractivity contribution in [1.82, 2.24) is 4.90 Å². The van der Waals surface area contributed by atoms with Crippen LogP contribution in [0.4, 0.5) is 0 Å². The van der Waals surface area contributed by atoms with E-state index < -0.39 is 9.84 Å². The molecule has 5 nitrogen and oxygen atoms in total. The summed E-state index contributed by atoms with van der Waals surface area (Å²) < 4.78 is 29.4. The quantitative estimate of drug-likeness (QED) is 0.746. The predicted octanol–water partition coefficient (Wildman–Crippen LogP) is 3.03. The Morgan fingerprint density at radius 1 is 1.19 bits per heavy atom. The Balaban J connectivity index is 1.71. The first-order chi connectivity index (χ1) is 12.5. The highest BCUT2D eigenvalue weighted by Crippen LogP contribution is 2.25. The molecule has 1 fully saturated rings. The summed E-state index contributed by atoms with van der Waals surface area (Å²) in [6.45, 7) is 2.56. The molecule has 1 heterocycles. The molecule has 0 bridgehead atoms. The van der Waals surface area contributed by atoms with Gasteiger partial charge in [0.05, 0.1) is 11.5 Å². The molecule has 0 N–H and O–H groups in total. The molecule has 0 unspecified atom stereocenters. The van der Waals surface area contributed by atoms with Crippen molar-refractivity contribution in [2.24, 2.45) is 0 Å². The first-order valence-corrected chi connectivity index (χ1v) is 10.9. The fraction of sp³-hybridized carbons (Fsp3) is 0.450. The summed E-state index contributed by atoms with van der Waals surface area (Å²) in [5, 5.41) is 2.02. The van der Waals surface area contributed by atoms with Crippen molar-refractivity contribution in [2.45, 2.75) is 32.2 Å². The van der Waals surface area contributed by atoms with Gasteiger partial charge in [-0.3, -0.25) is 4.79 Å². The van der Waals surface area contributed by atoms with E-state index in [4.69, 9.17) is 4.74 Å². The van der Waals surface area contributed by atoms with Crippen LogP contribution in [0.5, 0.6) is 5.75 Å². The van der Waals surface area contributed by atoms with E-state index in [0.717, 1.165) is 23.6 Å². The Bertz CT molecular complexity index is 873. The zero-order chi connectivity index (χ0) is 18.6. The second-order valence-electron chi connectivity index (χ2n) is 6.76. The van der Waals surface area contributed by atoms with Gasteiger partial charge in [0.1, 0.15) is 5.75 Å². The number of rotatable bonds is 7. The molecule has 1 atom stereocenters. The van der Waals surface area contributed by atoms with Gasteiger partial charge < -0.3 is 9.64 Å². The van der Waals surface area contributed by atoms with Crippen molar-refractivity contribution >= 4 is 26.5 Å². The molecule has 1 amide bonds. The zero-order valence-electron chi connectivity index (χ0n) is 15.1. The summed E-state index contributed by atoms with van der Waals surface area (Å²) in [6.07, 6.45) is 2.33. The molecule has 2 aromatic rings. The van der Waals surface area contributed by atoms with Gasteiger partial charge in [0, 0.05) is 18.0 Å². The van der Waals surface area contributed by atoms with Crippen LogP contribution in [0, 0.1) is 0 Å². The second-order valence-corrected chi connectivity index (χ2v) is 8.99. The van der Waals surface area contributed by atoms with E-state index in [9.17, 15) is 13.2 Å². The Hall–Kier alpha value is -2.08. The summed E-state index contributed by atoms with van der Waals surface area (Å²) >= 11 is 0. The van der Waals surface area contributed by atoms with Crippen molar-refractivity contribution in [3.05, 3.63) is 42.5 Å². The zero-order valence-corrected chi connectivity index (χ0v) is 15.9. The van der Waals surface area contributed by atoms with Crippen molar-refractivity contribution < 1.29 is 17.9 Å². The Morgan fingerprint density at radius 2 is 1.96 bits per heavy atom. The monoisotopic (exact) mass is 375 g/mol. The summed E-state index contributed by atoms with van der Waals surface area (Å²) in [5.74, 6) is 0.758. The number of hydrogen-bond donors (Lipinski definition) is 0. The number of carbonyl (C=O) groups is 1. The lowest BCUT2D eigenvalue weighted by Crippen LogP contribution is -2.44. The first kappa shape index (κ1) is 18.7. The standard InChI is InChI=1S/C20H25NO4S/c1-2-3-12-21(17-11-13-26(23,24)15-17)20(22)14-25-19-10-6-8-16-7-4-5-9-18(16)19/h4-10,17H,2-3,11-15H2,1H3/t17-/m1/s1. The van der Waals surface area contributed by atoms with Crippen LogP contribution in [-0.2, 0) is 14.6 Å². The van der Waals surface area contributed by atoms with Crippen LogP contribution in [-0.4, -0.2) is 49.9 Å². The fourth-order valence-corrected chi connectivity index (χ4v) is 5.14. The van der Waals surface area contributed by atoms with E-state index in [1.165, 1.54) is 0 Å². The maximum atomic E-state index is 12.8. The molecule has 140 valence electrons. The number of ether oxygens (including phenoxy) is 1. The van der Waals surface area contributed by atoms with E-state index in [-0.39, 0.29) is 30.1 Å².